The van der Waals surface area contributed by atoms with E-state index in [1.54, 1.807) is 4.90 Å². The van der Waals surface area contributed by atoms with Gasteiger partial charge in [0.15, 0.2) is 17.9 Å². The fourth-order valence-electron chi connectivity index (χ4n) is 4.96. The Balaban J connectivity index is 1.12. The number of anilines is 2. The quantitative estimate of drug-likeness (QED) is 0.637. The van der Waals surface area contributed by atoms with Gasteiger partial charge in [0.1, 0.15) is 12.3 Å². The van der Waals surface area contributed by atoms with Crippen molar-refractivity contribution in [3.05, 3.63) is 59.7 Å². The monoisotopic (exact) mass is 458 g/mol. The van der Waals surface area contributed by atoms with E-state index in [0.717, 1.165) is 43.6 Å². The van der Waals surface area contributed by atoms with Crippen molar-refractivity contribution in [1.29, 1.82) is 0 Å². The molecule has 2 heterocycles. The van der Waals surface area contributed by atoms with Gasteiger partial charge in [0.2, 0.25) is 0 Å². The largest absolute Gasteiger partial charge is 0.444 e. The van der Waals surface area contributed by atoms with Crippen molar-refractivity contribution >= 4 is 17.5 Å². The van der Waals surface area contributed by atoms with Gasteiger partial charge in [-0.05, 0) is 54.7 Å². The molecule has 4 atom stereocenters. The molecule has 0 bridgehead atoms. The van der Waals surface area contributed by atoms with Gasteiger partial charge in [-0.25, -0.2) is 13.6 Å². The Morgan fingerprint density at radius 1 is 1.09 bits per heavy atom. The highest BCUT2D eigenvalue weighted by molar-refractivity contribution is 5.85. The van der Waals surface area contributed by atoms with Gasteiger partial charge in [-0.15, -0.1) is 0 Å². The van der Waals surface area contributed by atoms with Crippen LogP contribution in [0.2, 0.25) is 0 Å². The highest BCUT2D eigenvalue weighted by atomic mass is 19.1. The molecule has 0 spiro atoms. The number of nitrogens with one attached hydrogen (secondary N) is 1. The number of rotatable bonds is 7. The van der Waals surface area contributed by atoms with E-state index in [0.29, 0.717) is 37.5 Å². The molecule has 8 heteroatoms. The second-order valence-corrected chi connectivity index (χ2v) is 9.00. The molecule has 176 valence electrons. The summed E-state index contributed by atoms with van der Waals surface area (Å²) in [5, 5.41) is 2.40. The van der Waals surface area contributed by atoms with Crippen molar-refractivity contribution in [3.63, 3.8) is 0 Å². The highest BCUT2D eigenvalue weighted by Crippen LogP contribution is 2.53. The number of nitrogens with zero attached hydrogens (tertiary/aromatic N) is 1. The Hall–Kier alpha value is -2.71. The lowest BCUT2D eigenvalue weighted by molar-refractivity contribution is -0.165. The maximum Gasteiger partial charge on any atom is 0.411 e. The first-order chi connectivity index (χ1) is 16.1. The van der Waals surface area contributed by atoms with E-state index in [-0.39, 0.29) is 24.3 Å². The van der Waals surface area contributed by atoms with Crippen LogP contribution in [0.25, 0.3) is 0 Å². The second-order valence-electron chi connectivity index (χ2n) is 9.00. The summed E-state index contributed by atoms with van der Waals surface area (Å²) in [6.07, 6.45) is 2.28. The molecule has 6 nitrogen and oxygen atoms in total. The lowest BCUT2D eigenvalue weighted by atomic mass is 10.2. The minimum Gasteiger partial charge on any atom is -0.444 e. The molecule has 2 aromatic rings. The van der Waals surface area contributed by atoms with E-state index in [2.05, 4.69) is 5.32 Å². The van der Waals surface area contributed by atoms with Crippen LogP contribution >= 0.6 is 0 Å². The summed E-state index contributed by atoms with van der Waals surface area (Å²) < 4.78 is 46.2. The zero-order valence-electron chi connectivity index (χ0n) is 18.3. The number of halogens is 2. The summed E-state index contributed by atoms with van der Waals surface area (Å²) in [7, 11) is 0. The van der Waals surface area contributed by atoms with Gasteiger partial charge in [-0.1, -0.05) is 30.3 Å². The predicted octanol–water partition coefficient (Wildman–Crippen LogP) is 4.94. The number of piperidine rings is 1. The molecule has 3 fully saturated rings. The second kappa shape index (κ2) is 9.65. The van der Waals surface area contributed by atoms with Crippen molar-refractivity contribution < 1.29 is 27.8 Å². The number of ether oxygens (including phenoxy) is 3. The fourth-order valence-corrected chi connectivity index (χ4v) is 4.96. The molecule has 1 aliphatic carbocycles. The average Bonchev–Trinajstić information content (AvgIpc) is 3.26. The maximum absolute atomic E-state index is 14.8. The molecule has 1 N–H and O–H groups in total. The van der Waals surface area contributed by atoms with Gasteiger partial charge < -0.3 is 19.1 Å². The van der Waals surface area contributed by atoms with E-state index in [1.165, 1.54) is 0 Å². The van der Waals surface area contributed by atoms with Crippen LogP contribution in [0.4, 0.5) is 25.0 Å². The molecule has 2 unspecified atom stereocenters. The molecule has 2 aromatic carbocycles. The number of hydrogen-bond donors (Lipinski definition) is 1. The van der Waals surface area contributed by atoms with E-state index in [1.807, 2.05) is 30.3 Å². The summed E-state index contributed by atoms with van der Waals surface area (Å²) in [5.41, 5.74) is 0.804. The molecule has 0 radical (unpaired) electrons. The maximum atomic E-state index is 14.8. The molecule has 0 aromatic heterocycles. The molecule has 5 rings (SSSR count). The van der Waals surface area contributed by atoms with Gasteiger partial charge in [0, 0.05) is 25.4 Å². The normalized spacial score (nSPS) is 26.1. The van der Waals surface area contributed by atoms with Crippen molar-refractivity contribution in [2.75, 3.05) is 36.5 Å². The standard InChI is InChI=1S/C25H28F2N2O4/c26-21-10-17(28-25(30)33-14-16-6-2-1-3-7-16)11-22(27)24(21)29-12-18-19(13-29)20(18)15-32-23-8-4-5-9-31-23/h1-3,6-7,10-11,18-20,23H,4-5,8-9,12-15H2,(H,28,30)/t18-,19?,20+,23?/m0/s1. The molecule has 2 saturated heterocycles. The van der Waals surface area contributed by atoms with Crippen LogP contribution in [-0.2, 0) is 20.8 Å². The molecule has 33 heavy (non-hydrogen) atoms. The first kappa shape index (κ1) is 22.1. The fraction of sp³-hybridized carbons (Fsp3) is 0.480. The van der Waals surface area contributed by atoms with Crippen LogP contribution < -0.4 is 10.2 Å². The SMILES string of the molecule is O=C(Nc1cc(F)c(N2CC3[C@H](COC4CCCCO4)[C@H]3C2)c(F)c1)OCc1ccccc1. The van der Waals surface area contributed by atoms with Gasteiger partial charge in [-0.2, -0.15) is 0 Å². The Kier molecular flexibility index (Phi) is 6.46. The average molecular weight is 459 g/mol. The van der Waals surface area contributed by atoms with Crippen LogP contribution in [-0.4, -0.2) is 38.7 Å². The third-order valence-electron chi connectivity index (χ3n) is 6.78. The van der Waals surface area contributed by atoms with E-state index < -0.39 is 17.7 Å². The molecule has 1 amide bonds. The zero-order chi connectivity index (χ0) is 22.8. The Morgan fingerprint density at radius 2 is 1.82 bits per heavy atom. The molecule has 3 aliphatic rings. The van der Waals surface area contributed by atoms with Gasteiger partial charge in [0.25, 0.3) is 0 Å². The summed E-state index contributed by atoms with van der Waals surface area (Å²) in [6, 6.07) is 11.4. The van der Waals surface area contributed by atoms with Gasteiger partial charge >= 0.3 is 6.09 Å². The number of amides is 1. The van der Waals surface area contributed by atoms with Crippen molar-refractivity contribution in [2.45, 2.75) is 32.2 Å². The topological polar surface area (TPSA) is 60.0 Å². The summed E-state index contributed by atoms with van der Waals surface area (Å²) >= 11 is 0. The van der Waals surface area contributed by atoms with Crippen LogP contribution in [0.15, 0.2) is 42.5 Å². The third kappa shape index (κ3) is 5.12. The van der Waals surface area contributed by atoms with E-state index >= 15 is 0 Å². The minimum absolute atomic E-state index is 0.0231. The summed E-state index contributed by atoms with van der Waals surface area (Å²) in [6.45, 7) is 2.68. The molecule has 2 aliphatic heterocycles. The molecular formula is C25H28F2N2O4. The van der Waals surface area contributed by atoms with E-state index in [9.17, 15) is 13.6 Å². The number of carbonyl (C=O) groups is 1. The predicted molar refractivity (Wildman–Crippen MR) is 119 cm³/mol. The van der Waals surface area contributed by atoms with Crippen LogP contribution in [0.5, 0.6) is 0 Å². The van der Waals surface area contributed by atoms with Crippen molar-refractivity contribution in [1.82, 2.24) is 0 Å². The first-order valence-corrected chi connectivity index (χ1v) is 11.5. The van der Waals surface area contributed by atoms with Gasteiger partial charge in [-0.3, -0.25) is 5.32 Å². The van der Waals surface area contributed by atoms with Crippen LogP contribution in [0, 0.1) is 29.4 Å². The summed E-state index contributed by atoms with van der Waals surface area (Å²) in [4.78, 5) is 13.8. The number of benzene rings is 2. The zero-order valence-corrected chi connectivity index (χ0v) is 18.3. The van der Waals surface area contributed by atoms with Crippen LogP contribution in [0.3, 0.4) is 0 Å². The van der Waals surface area contributed by atoms with E-state index in [4.69, 9.17) is 14.2 Å². The number of hydrogen-bond acceptors (Lipinski definition) is 5. The third-order valence-corrected chi connectivity index (χ3v) is 6.78. The minimum atomic E-state index is -0.766. The van der Waals surface area contributed by atoms with Crippen molar-refractivity contribution in [3.8, 4) is 0 Å². The van der Waals surface area contributed by atoms with Crippen LogP contribution in [0.1, 0.15) is 24.8 Å². The molecule has 1 saturated carbocycles. The first-order valence-electron chi connectivity index (χ1n) is 11.5. The van der Waals surface area contributed by atoms with Crippen molar-refractivity contribution in [2.24, 2.45) is 17.8 Å². The lowest BCUT2D eigenvalue weighted by Gasteiger charge is -2.25. The summed E-state index contributed by atoms with van der Waals surface area (Å²) in [5.74, 6) is -0.189. The smallest absolute Gasteiger partial charge is 0.411 e. The Morgan fingerprint density at radius 3 is 2.48 bits per heavy atom. The number of carbonyl (C=O) groups excluding carboxylic acids is 1. The Bertz CT molecular complexity index is 949. The number of fused-ring (bicyclic) bond motifs is 1. The van der Waals surface area contributed by atoms with Gasteiger partial charge in [0.05, 0.1) is 6.61 Å². The molecular weight excluding hydrogens is 430 g/mol. The highest BCUT2D eigenvalue weighted by Gasteiger charge is 2.56. The lowest BCUT2D eigenvalue weighted by Crippen LogP contribution is -2.28. The Labute approximate surface area is 191 Å².